The summed E-state index contributed by atoms with van der Waals surface area (Å²) in [6.45, 7) is 1.39. The molecule has 2 unspecified atom stereocenters. The summed E-state index contributed by atoms with van der Waals surface area (Å²) < 4.78 is 73.3. The Morgan fingerprint density at radius 3 is 2.22 bits per heavy atom. The molecular formula is C20H23ClF2N8O5S. The first-order valence-corrected chi connectivity index (χ1v) is 12.7. The Morgan fingerprint density at radius 1 is 1.08 bits per heavy atom. The van der Waals surface area contributed by atoms with Gasteiger partial charge in [0.1, 0.15) is 23.5 Å². The maximum atomic E-state index is 13.4. The fourth-order valence-corrected chi connectivity index (χ4v) is 5.04. The Bertz CT molecular complexity index is 1340. The quantitative estimate of drug-likeness (QED) is 0.367. The van der Waals surface area contributed by atoms with Gasteiger partial charge in [-0.25, -0.2) is 27.2 Å². The number of sulfonamides is 1. The summed E-state index contributed by atoms with van der Waals surface area (Å²) in [5, 5.41) is 7.02. The van der Waals surface area contributed by atoms with E-state index in [1.54, 1.807) is 0 Å². The first-order valence-electron chi connectivity index (χ1n) is 10.8. The second-order valence-electron chi connectivity index (χ2n) is 8.07. The van der Waals surface area contributed by atoms with E-state index < -0.39 is 39.6 Å². The van der Waals surface area contributed by atoms with Crippen LogP contribution in [0.25, 0.3) is 5.69 Å². The molecule has 0 aromatic carbocycles. The van der Waals surface area contributed by atoms with Crippen molar-refractivity contribution in [2.75, 3.05) is 26.1 Å². The number of alkyl halides is 2. The van der Waals surface area contributed by atoms with E-state index in [-0.39, 0.29) is 46.5 Å². The smallest absolute Gasteiger partial charge is 0.245 e. The van der Waals surface area contributed by atoms with Crippen molar-refractivity contribution in [3.63, 3.8) is 0 Å². The highest BCUT2D eigenvalue weighted by molar-refractivity contribution is 7.93. The van der Waals surface area contributed by atoms with Crippen LogP contribution in [0.15, 0.2) is 18.7 Å². The zero-order valence-corrected chi connectivity index (χ0v) is 21.6. The van der Waals surface area contributed by atoms with Crippen molar-refractivity contribution in [2.24, 2.45) is 5.92 Å². The summed E-state index contributed by atoms with van der Waals surface area (Å²) in [4.78, 5) is 16.2. The predicted molar refractivity (Wildman–Crippen MR) is 126 cm³/mol. The van der Waals surface area contributed by atoms with Crippen LogP contribution in [0.2, 0.25) is 5.02 Å². The molecule has 0 saturated heterocycles. The Balaban J connectivity index is 1.77. The van der Waals surface area contributed by atoms with Gasteiger partial charge in [0, 0.05) is 31.3 Å². The van der Waals surface area contributed by atoms with Gasteiger partial charge >= 0.3 is 0 Å². The molecule has 0 spiro atoms. The summed E-state index contributed by atoms with van der Waals surface area (Å²) in [6.07, 6.45) is 0.264. The molecule has 3 aromatic rings. The molecule has 4 atom stereocenters. The molecule has 1 N–H and O–H groups in total. The highest BCUT2D eigenvalue weighted by Crippen LogP contribution is 2.51. The lowest BCUT2D eigenvalue weighted by atomic mass is 10.2. The highest BCUT2D eigenvalue weighted by atomic mass is 35.5. The van der Waals surface area contributed by atoms with Crippen molar-refractivity contribution < 1.29 is 31.4 Å². The number of nitrogens with one attached hydrogen (secondary N) is 1. The first-order chi connectivity index (χ1) is 17.6. The molecule has 13 nitrogen and oxygen atoms in total. The molecule has 1 saturated carbocycles. The number of anilines is 1. The molecule has 17 heteroatoms. The lowest BCUT2D eigenvalue weighted by Crippen LogP contribution is -2.33. The third-order valence-corrected chi connectivity index (χ3v) is 7.74. The van der Waals surface area contributed by atoms with Crippen molar-refractivity contribution in [3.05, 3.63) is 35.4 Å². The Morgan fingerprint density at radius 2 is 1.70 bits per heavy atom. The van der Waals surface area contributed by atoms with Crippen molar-refractivity contribution in [1.82, 2.24) is 34.7 Å². The Hall–Kier alpha value is -3.24. The average Bonchev–Trinajstić information content (AvgIpc) is 3.59. The van der Waals surface area contributed by atoms with Gasteiger partial charge in [0.25, 0.3) is 0 Å². The number of hydrogen-bond donors (Lipinski definition) is 1. The van der Waals surface area contributed by atoms with E-state index in [4.69, 9.17) is 25.8 Å². The fraction of sp³-hybridized carbons (Fsp3) is 0.500. The van der Waals surface area contributed by atoms with E-state index in [1.807, 2.05) is 0 Å². The van der Waals surface area contributed by atoms with E-state index in [0.717, 1.165) is 0 Å². The largest absolute Gasteiger partial charge is 0.479 e. The molecule has 1 aliphatic carbocycles. The van der Waals surface area contributed by atoms with Crippen LogP contribution in [-0.4, -0.2) is 76.1 Å². The second kappa shape index (κ2) is 10.6. The Kier molecular flexibility index (Phi) is 7.70. The lowest BCUT2D eigenvalue weighted by molar-refractivity contribution is 0.0950. The summed E-state index contributed by atoms with van der Waals surface area (Å²) in [5.41, 5.74) is 0.0436. The topological polar surface area (TPSA) is 156 Å². The molecule has 0 radical (unpaired) electrons. The molecule has 3 aromatic heterocycles. The maximum absolute atomic E-state index is 13.4. The second-order valence-corrected chi connectivity index (χ2v) is 10.5. The number of hydrogen-bond acceptors (Lipinski definition) is 11. The third kappa shape index (κ3) is 5.26. The minimum Gasteiger partial charge on any atom is -0.479 e. The van der Waals surface area contributed by atoms with Gasteiger partial charge in [-0.1, -0.05) is 11.6 Å². The summed E-state index contributed by atoms with van der Waals surface area (Å²) in [6, 6.07) is 0. The minimum atomic E-state index is -4.26. The number of methoxy groups -OCH3 is 3. The fourth-order valence-electron chi connectivity index (χ4n) is 3.81. The SMILES string of the molecule is COc1ncnc(OC)c1-n1c(NS(=O)(=O)C(C)C(OC)c2ncc(Cl)cn2)nnc1[C@@H]1C[C@H]1C(F)F. The van der Waals surface area contributed by atoms with E-state index >= 15 is 0 Å². The summed E-state index contributed by atoms with van der Waals surface area (Å²) in [7, 11) is -0.289. The molecule has 200 valence electrons. The van der Waals surface area contributed by atoms with Gasteiger partial charge in [0.05, 0.1) is 19.2 Å². The number of nitrogens with zero attached hydrogens (tertiary/aromatic N) is 7. The average molecular weight is 561 g/mol. The number of halogens is 3. The maximum Gasteiger partial charge on any atom is 0.245 e. The van der Waals surface area contributed by atoms with Gasteiger partial charge in [-0.05, 0) is 13.3 Å². The van der Waals surface area contributed by atoms with Gasteiger partial charge in [-0.15, -0.1) is 10.2 Å². The summed E-state index contributed by atoms with van der Waals surface area (Å²) >= 11 is 5.83. The van der Waals surface area contributed by atoms with Crippen LogP contribution in [0, 0.1) is 5.92 Å². The zero-order chi connectivity index (χ0) is 26.9. The van der Waals surface area contributed by atoms with Gasteiger partial charge in [0.2, 0.25) is 34.2 Å². The molecule has 37 heavy (non-hydrogen) atoms. The highest BCUT2D eigenvalue weighted by Gasteiger charge is 2.49. The predicted octanol–water partition coefficient (Wildman–Crippen LogP) is 2.40. The van der Waals surface area contributed by atoms with Crippen LogP contribution in [0.1, 0.15) is 37.0 Å². The van der Waals surface area contributed by atoms with Gasteiger partial charge in [-0.3, -0.25) is 9.29 Å². The monoisotopic (exact) mass is 560 g/mol. The molecule has 0 aliphatic heterocycles. The molecule has 0 bridgehead atoms. The standard InChI is InChI=1S/C20H23ClF2N8O5S/c1-9(14(34-2)16-24-6-10(21)7-25-16)37(32,33)30-20-29-28-17(12-5-11(12)15(22)23)31(20)13-18(35-3)26-8-27-19(13)36-4/h6-9,11-12,14-15H,5H2,1-4H3,(H,29,30)/t9?,11-,12-,14?/m1/s1. The van der Waals surface area contributed by atoms with Crippen molar-refractivity contribution >= 4 is 27.6 Å². The van der Waals surface area contributed by atoms with Gasteiger partial charge in [-0.2, -0.15) is 9.97 Å². The molecule has 1 aliphatic rings. The summed E-state index contributed by atoms with van der Waals surface area (Å²) in [5.74, 6) is -1.82. The molecule has 3 heterocycles. The van der Waals surface area contributed by atoms with Crippen LogP contribution in [0.3, 0.4) is 0 Å². The van der Waals surface area contributed by atoms with Crippen LogP contribution in [0.5, 0.6) is 11.8 Å². The lowest BCUT2D eigenvalue weighted by Gasteiger charge is -2.22. The molecular weight excluding hydrogens is 538 g/mol. The zero-order valence-electron chi connectivity index (χ0n) is 20.0. The Labute approximate surface area is 215 Å². The number of aromatic nitrogens is 7. The first kappa shape index (κ1) is 26.8. The van der Waals surface area contributed by atoms with Crippen LogP contribution in [-0.2, 0) is 14.8 Å². The normalized spacial score (nSPS) is 18.9. The number of rotatable bonds is 11. The van der Waals surface area contributed by atoms with Gasteiger partial charge < -0.3 is 14.2 Å². The van der Waals surface area contributed by atoms with E-state index in [9.17, 15) is 17.2 Å². The van der Waals surface area contributed by atoms with Crippen LogP contribution >= 0.6 is 11.6 Å². The molecule has 4 rings (SSSR count). The van der Waals surface area contributed by atoms with E-state index in [1.165, 1.54) is 51.5 Å². The van der Waals surface area contributed by atoms with E-state index in [2.05, 4.69) is 34.9 Å². The van der Waals surface area contributed by atoms with Crippen LogP contribution < -0.4 is 14.2 Å². The molecule has 1 fully saturated rings. The van der Waals surface area contributed by atoms with Gasteiger partial charge in [0.15, 0.2) is 11.5 Å². The van der Waals surface area contributed by atoms with Crippen molar-refractivity contribution in [1.29, 1.82) is 0 Å². The number of ether oxygens (including phenoxy) is 3. The third-order valence-electron chi connectivity index (χ3n) is 5.85. The van der Waals surface area contributed by atoms with Crippen molar-refractivity contribution in [2.45, 2.75) is 37.0 Å². The minimum absolute atomic E-state index is 0.0139. The van der Waals surface area contributed by atoms with E-state index in [0.29, 0.717) is 0 Å². The molecule has 0 amide bonds. The van der Waals surface area contributed by atoms with Crippen molar-refractivity contribution in [3.8, 4) is 17.4 Å². The van der Waals surface area contributed by atoms with Crippen LogP contribution in [0.4, 0.5) is 14.7 Å².